The van der Waals surface area contributed by atoms with E-state index >= 15 is 0 Å². The van der Waals surface area contributed by atoms with Gasteiger partial charge in [-0.1, -0.05) is 0 Å². The summed E-state index contributed by atoms with van der Waals surface area (Å²) in [5.74, 6) is -0.0439. The smallest absolute Gasteiger partial charge is 0.245 e. The second-order valence-corrected chi connectivity index (χ2v) is 8.20. The minimum absolute atomic E-state index is 0.0439. The van der Waals surface area contributed by atoms with Crippen molar-refractivity contribution in [3.05, 3.63) is 55.9 Å². The number of carbonyl (C=O) groups excluding carboxylic acids is 1. The van der Waals surface area contributed by atoms with Crippen molar-refractivity contribution in [2.24, 2.45) is 0 Å². The molecule has 2 atom stereocenters. The number of carbonyl (C=O) groups is 1. The van der Waals surface area contributed by atoms with Crippen LogP contribution in [0.4, 0.5) is 0 Å². The molecular weight excluding hydrogens is 352 g/mol. The van der Waals surface area contributed by atoms with E-state index in [9.17, 15) is 4.79 Å². The molecule has 5 nitrogen and oxygen atoms in total. The number of hydrogen-bond acceptors (Lipinski definition) is 5. The Morgan fingerprint density at radius 3 is 2.68 bits per heavy atom. The third-order valence-corrected chi connectivity index (χ3v) is 6.21. The topological polar surface area (TPSA) is 59.8 Å². The van der Waals surface area contributed by atoms with E-state index in [0.29, 0.717) is 0 Å². The molecule has 3 heterocycles. The largest absolute Gasteiger partial charge is 0.345 e. The molecule has 0 fully saturated rings. The predicted molar refractivity (Wildman–Crippen MR) is 102 cm³/mol. The summed E-state index contributed by atoms with van der Waals surface area (Å²) in [6, 6.07) is 3.51. The van der Waals surface area contributed by atoms with Crippen molar-refractivity contribution in [2.45, 2.75) is 46.2 Å². The zero-order valence-corrected chi connectivity index (χ0v) is 16.4. The molecule has 132 valence electrons. The summed E-state index contributed by atoms with van der Waals surface area (Å²) < 4.78 is 1.75. The summed E-state index contributed by atoms with van der Waals surface area (Å²) in [5.41, 5.74) is 3.21. The van der Waals surface area contributed by atoms with Crippen LogP contribution in [0.15, 0.2) is 29.1 Å². The zero-order valence-electron chi connectivity index (χ0n) is 14.8. The molecule has 0 aromatic carbocycles. The standard InChI is InChI=1S/C18H22N4OS2/c1-11-5-7-19-22(11)13(3)17(23)21-16(9-15-6-8-24-10-15)18-20-12(2)14(4)25-18/h5-8,10,13,16H,9H2,1-4H3,(H,21,23)/t13-,16+/m1/s1. The summed E-state index contributed by atoms with van der Waals surface area (Å²) in [6.07, 6.45) is 2.46. The van der Waals surface area contributed by atoms with Crippen LogP contribution in [0.3, 0.4) is 0 Å². The molecule has 0 unspecified atom stereocenters. The van der Waals surface area contributed by atoms with E-state index in [4.69, 9.17) is 0 Å². The maximum Gasteiger partial charge on any atom is 0.245 e. The predicted octanol–water partition coefficient (Wildman–Crippen LogP) is 3.99. The van der Waals surface area contributed by atoms with Gasteiger partial charge in [-0.25, -0.2) is 4.98 Å². The first kappa shape index (κ1) is 17.8. The number of nitrogens with zero attached hydrogens (tertiary/aromatic N) is 3. The van der Waals surface area contributed by atoms with Gasteiger partial charge in [-0.2, -0.15) is 16.4 Å². The zero-order chi connectivity index (χ0) is 18.0. The van der Waals surface area contributed by atoms with Crippen LogP contribution in [0.5, 0.6) is 0 Å². The third kappa shape index (κ3) is 3.99. The molecule has 3 aromatic rings. The average Bonchev–Trinajstić information content (AvgIpc) is 3.29. The van der Waals surface area contributed by atoms with Crippen molar-refractivity contribution in [1.82, 2.24) is 20.1 Å². The molecule has 7 heteroatoms. The first-order valence-corrected chi connectivity index (χ1v) is 9.97. The fraction of sp³-hybridized carbons (Fsp3) is 0.389. The molecule has 0 saturated carbocycles. The van der Waals surface area contributed by atoms with E-state index in [2.05, 4.69) is 39.1 Å². The fourth-order valence-corrected chi connectivity index (χ4v) is 4.34. The summed E-state index contributed by atoms with van der Waals surface area (Å²) in [4.78, 5) is 18.7. The molecule has 0 bridgehead atoms. The molecule has 25 heavy (non-hydrogen) atoms. The summed E-state index contributed by atoms with van der Waals surface area (Å²) in [5, 5.41) is 12.6. The number of amides is 1. The number of aromatic nitrogens is 3. The number of hydrogen-bond donors (Lipinski definition) is 1. The number of thiazole rings is 1. The Hall–Kier alpha value is -1.99. The lowest BCUT2D eigenvalue weighted by atomic mass is 10.1. The molecule has 0 saturated heterocycles. The molecule has 0 aliphatic heterocycles. The molecular formula is C18H22N4OS2. The first-order valence-electron chi connectivity index (χ1n) is 8.21. The van der Waals surface area contributed by atoms with Crippen molar-refractivity contribution in [2.75, 3.05) is 0 Å². The highest BCUT2D eigenvalue weighted by atomic mass is 32.1. The number of aryl methyl sites for hydroxylation is 3. The molecule has 0 radical (unpaired) electrons. The van der Waals surface area contributed by atoms with Crippen LogP contribution in [-0.2, 0) is 11.2 Å². The Morgan fingerprint density at radius 1 is 1.32 bits per heavy atom. The summed E-state index contributed by atoms with van der Waals surface area (Å²) >= 11 is 3.32. The van der Waals surface area contributed by atoms with Crippen LogP contribution in [0, 0.1) is 20.8 Å². The van der Waals surface area contributed by atoms with Crippen molar-refractivity contribution >= 4 is 28.6 Å². The first-order chi connectivity index (χ1) is 12.0. The molecule has 0 aliphatic carbocycles. The fourth-order valence-electron chi connectivity index (χ4n) is 2.68. The van der Waals surface area contributed by atoms with Crippen LogP contribution in [0.1, 0.15) is 45.8 Å². The van der Waals surface area contributed by atoms with E-state index in [1.54, 1.807) is 33.6 Å². The van der Waals surface area contributed by atoms with Crippen molar-refractivity contribution < 1.29 is 4.79 Å². The lowest BCUT2D eigenvalue weighted by Crippen LogP contribution is -2.35. The number of rotatable bonds is 6. The molecule has 1 amide bonds. The molecule has 1 N–H and O–H groups in total. The lowest BCUT2D eigenvalue weighted by molar-refractivity contribution is -0.125. The van der Waals surface area contributed by atoms with E-state index in [-0.39, 0.29) is 18.0 Å². The van der Waals surface area contributed by atoms with E-state index < -0.39 is 0 Å². The van der Waals surface area contributed by atoms with E-state index in [1.807, 2.05) is 26.8 Å². The van der Waals surface area contributed by atoms with Crippen LogP contribution < -0.4 is 5.32 Å². The number of thiophene rings is 1. The van der Waals surface area contributed by atoms with Crippen LogP contribution in [0.2, 0.25) is 0 Å². The molecule has 3 rings (SSSR count). The highest BCUT2D eigenvalue weighted by molar-refractivity contribution is 7.11. The Morgan fingerprint density at radius 2 is 2.12 bits per heavy atom. The minimum atomic E-state index is -0.359. The molecule has 0 spiro atoms. The van der Waals surface area contributed by atoms with Crippen molar-refractivity contribution in [1.29, 1.82) is 0 Å². The Kier molecular flexibility index (Phi) is 5.34. The highest BCUT2D eigenvalue weighted by Crippen LogP contribution is 2.27. The van der Waals surface area contributed by atoms with Crippen LogP contribution >= 0.6 is 22.7 Å². The second-order valence-electron chi connectivity index (χ2n) is 6.18. The van der Waals surface area contributed by atoms with Gasteiger partial charge in [0.15, 0.2) is 0 Å². The van der Waals surface area contributed by atoms with Gasteiger partial charge in [0.25, 0.3) is 0 Å². The quantitative estimate of drug-likeness (QED) is 0.710. The van der Waals surface area contributed by atoms with Crippen LogP contribution in [0.25, 0.3) is 0 Å². The Bertz CT molecular complexity index is 831. The third-order valence-electron chi connectivity index (χ3n) is 4.29. The lowest BCUT2D eigenvalue weighted by Gasteiger charge is -2.20. The second kappa shape index (κ2) is 7.49. The maximum atomic E-state index is 12.8. The summed E-state index contributed by atoms with van der Waals surface area (Å²) in [7, 11) is 0. The van der Waals surface area contributed by atoms with Gasteiger partial charge >= 0.3 is 0 Å². The minimum Gasteiger partial charge on any atom is -0.345 e. The normalized spacial score (nSPS) is 13.6. The Balaban J connectivity index is 1.81. The van der Waals surface area contributed by atoms with Gasteiger partial charge in [-0.05, 0) is 56.2 Å². The van der Waals surface area contributed by atoms with Crippen molar-refractivity contribution in [3.8, 4) is 0 Å². The highest BCUT2D eigenvalue weighted by Gasteiger charge is 2.24. The van der Waals surface area contributed by atoms with Gasteiger partial charge in [0.2, 0.25) is 5.91 Å². The summed E-state index contributed by atoms with van der Waals surface area (Å²) in [6.45, 7) is 7.90. The van der Waals surface area contributed by atoms with E-state index in [0.717, 1.165) is 22.8 Å². The van der Waals surface area contributed by atoms with Gasteiger partial charge in [-0.15, -0.1) is 11.3 Å². The van der Waals surface area contributed by atoms with Gasteiger partial charge in [0.1, 0.15) is 11.0 Å². The molecule has 3 aromatic heterocycles. The monoisotopic (exact) mass is 374 g/mol. The van der Waals surface area contributed by atoms with Crippen LogP contribution in [-0.4, -0.2) is 20.7 Å². The van der Waals surface area contributed by atoms with Gasteiger partial charge < -0.3 is 5.32 Å². The van der Waals surface area contributed by atoms with Gasteiger partial charge in [0, 0.05) is 23.2 Å². The Labute approximate surface area is 155 Å². The average molecular weight is 375 g/mol. The van der Waals surface area contributed by atoms with Crippen molar-refractivity contribution in [3.63, 3.8) is 0 Å². The molecule has 0 aliphatic rings. The SMILES string of the molecule is Cc1nc([C@H](Cc2ccsc2)NC(=O)[C@@H](C)n2nccc2C)sc1C. The van der Waals surface area contributed by atoms with Gasteiger partial charge in [-0.3, -0.25) is 9.48 Å². The maximum absolute atomic E-state index is 12.8. The van der Waals surface area contributed by atoms with Gasteiger partial charge in [0.05, 0.1) is 11.7 Å². The van der Waals surface area contributed by atoms with E-state index in [1.165, 1.54) is 10.4 Å². The number of nitrogens with one attached hydrogen (secondary N) is 1.